The first kappa shape index (κ1) is 14.2. The van der Waals surface area contributed by atoms with Gasteiger partial charge in [0.15, 0.2) is 0 Å². The van der Waals surface area contributed by atoms with Crippen molar-refractivity contribution in [2.24, 2.45) is 17.6 Å². The van der Waals surface area contributed by atoms with Crippen molar-refractivity contribution in [3.8, 4) is 0 Å². The third-order valence-corrected chi connectivity index (χ3v) is 3.17. The van der Waals surface area contributed by atoms with Gasteiger partial charge in [0, 0.05) is 6.54 Å². The number of aliphatic hydroxyl groups is 1. The van der Waals surface area contributed by atoms with Crippen LogP contribution in [0.25, 0.3) is 0 Å². The van der Waals surface area contributed by atoms with Gasteiger partial charge in [-0.1, -0.05) is 44.2 Å². The molecule has 1 aromatic carbocycles. The molecule has 0 bridgehead atoms. The van der Waals surface area contributed by atoms with Gasteiger partial charge in [0.25, 0.3) is 0 Å². The Bertz CT molecular complexity index is 300. The second-order valence-electron chi connectivity index (χ2n) is 4.82. The molecule has 0 saturated carbocycles. The van der Waals surface area contributed by atoms with Gasteiger partial charge < -0.3 is 16.2 Å². The summed E-state index contributed by atoms with van der Waals surface area (Å²) in [4.78, 5) is 0. The predicted molar refractivity (Wildman–Crippen MR) is 71.7 cm³/mol. The molecule has 4 N–H and O–H groups in total. The van der Waals surface area contributed by atoms with Crippen LogP contribution in [0.3, 0.4) is 0 Å². The van der Waals surface area contributed by atoms with Gasteiger partial charge >= 0.3 is 0 Å². The lowest BCUT2D eigenvalue weighted by Crippen LogP contribution is -2.33. The van der Waals surface area contributed by atoms with Crippen LogP contribution in [0.5, 0.6) is 0 Å². The van der Waals surface area contributed by atoms with Gasteiger partial charge in [-0.3, -0.25) is 0 Å². The quantitative estimate of drug-likeness (QED) is 0.673. The van der Waals surface area contributed by atoms with Crippen molar-refractivity contribution in [2.45, 2.75) is 20.0 Å². The molecule has 0 aliphatic heterocycles. The average molecular weight is 236 g/mol. The summed E-state index contributed by atoms with van der Waals surface area (Å²) in [5.41, 5.74) is 6.65. The Balaban J connectivity index is 2.31. The van der Waals surface area contributed by atoms with Crippen LogP contribution >= 0.6 is 0 Å². The van der Waals surface area contributed by atoms with Gasteiger partial charge in [0.2, 0.25) is 0 Å². The Morgan fingerprint density at radius 3 is 2.35 bits per heavy atom. The van der Waals surface area contributed by atoms with Crippen LogP contribution in [-0.2, 0) is 0 Å². The van der Waals surface area contributed by atoms with Gasteiger partial charge in [0.1, 0.15) is 0 Å². The molecular weight excluding hydrogens is 212 g/mol. The van der Waals surface area contributed by atoms with Gasteiger partial charge in [-0.05, 0) is 30.5 Å². The summed E-state index contributed by atoms with van der Waals surface area (Å²) < 4.78 is 0. The molecular formula is C14H24N2O. The number of rotatable bonds is 7. The molecule has 0 aliphatic carbocycles. The van der Waals surface area contributed by atoms with Crippen LogP contribution in [0.15, 0.2) is 30.3 Å². The van der Waals surface area contributed by atoms with Crippen molar-refractivity contribution in [1.82, 2.24) is 5.32 Å². The molecule has 0 aliphatic rings. The first-order chi connectivity index (χ1) is 8.15. The minimum absolute atomic E-state index is 0.443. The highest BCUT2D eigenvalue weighted by Crippen LogP contribution is 2.11. The summed E-state index contributed by atoms with van der Waals surface area (Å²) in [5, 5.41) is 13.2. The van der Waals surface area contributed by atoms with Gasteiger partial charge in [0.05, 0.1) is 6.10 Å². The third-order valence-electron chi connectivity index (χ3n) is 3.17. The molecule has 1 aromatic rings. The fourth-order valence-electron chi connectivity index (χ4n) is 1.79. The lowest BCUT2D eigenvalue weighted by Gasteiger charge is -2.20. The van der Waals surface area contributed by atoms with Crippen molar-refractivity contribution in [3.05, 3.63) is 35.9 Å². The largest absolute Gasteiger partial charge is 0.387 e. The van der Waals surface area contributed by atoms with Gasteiger partial charge in [-0.15, -0.1) is 0 Å². The molecule has 0 amide bonds. The predicted octanol–water partition coefficient (Wildman–Crippen LogP) is 1.54. The second kappa shape index (κ2) is 7.43. The summed E-state index contributed by atoms with van der Waals surface area (Å²) in [5.74, 6) is 1.04. The molecule has 3 nitrogen and oxygen atoms in total. The van der Waals surface area contributed by atoms with E-state index < -0.39 is 6.10 Å². The summed E-state index contributed by atoms with van der Waals surface area (Å²) in [7, 11) is 0. The Morgan fingerprint density at radius 2 is 1.82 bits per heavy atom. The zero-order valence-electron chi connectivity index (χ0n) is 10.8. The van der Waals surface area contributed by atoms with Crippen LogP contribution in [0.2, 0.25) is 0 Å². The van der Waals surface area contributed by atoms with E-state index in [1.54, 1.807) is 0 Å². The van der Waals surface area contributed by atoms with Crippen LogP contribution in [0, 0.1) is 11.8 Å². The summed E-state index contributed by atoms with van der Waals surface area (Å²) in [6, 6.07) is 9.71. The van der Waals surface area contributed by atoms with E-state index >= 15 is 0 Å². The molecule has 96 valence electrons. The maximum Gasteiger partial charge on any atom is 0.0914 e. The maximum atomic E-state index is 9.95. The minimum Gasteiger partial charge on any atom is -0.387 e. The summed E-state index contributed by atoms with van der Waals surface area (Å²) >= 11 is 0. The zero-order chi connectivity index (χ0) is 12.7. The van der Waals surface area contributed by atoms with Crippen LogP contribution in [-0.4, -0.2) is 24.7 Å². The van der Waals surface area contributed by atoms with E-state index in [1.807, 2.05) is 30.3 Å². The number of aliphatic hydroxyl groups excluding tert-OH is 1. The molecule has 0 aromatic heterocycles. The Labute approximate surface area is 104 Å². The normalized spacial score (nSPS) is 14.9. The fraction of sp³-hybridized carbons (Fsp3) is 0.571. The number of benzene rings is 1. The zero-order valence-corrected chi connectivity index (χ0v) is 10.8. The lowest BCUT2D eigenvalue weighted by molar-refractivity contribution is 0.171. The Morgan fingerprint density at radius 1 is 1.18 bits per heavy atom. The van der Waals surface area contributed by atoms with Crippen LogP contribution < -0.4 is 11.1 Å². The van der Waals surface area contributed by atoms with E-state index in [4.69, 9.17) is 5.73 Å². The number of hydrogen-bond acceptors (Lipinski definition) is 3. The molecule has 1 rings (SSSR count). The molecule has 0 fully saturated rings. The van der Waals surface area contributed by atoms with Crippen molar-refractivity contribution < 1.29 is 5.11 Å². The molecule has 0 spiro atoms. The van der Waals surface area contributed by atoms with E-state index in [0.29, 0.717) is 24.9 Å². The third kappa shape index (κ3) is 4.86. The van der Waals surface area contributed by atoms with Gasteiger partial charge in [-0.2, -0.15) is 0 Å². The summed E-state index contributed by atoms with van der Waals surface area (Å²) in [6.45, 7) is 6.47. The van der Waals surface area contributed by atoms with E-state index in [2.05, 4.69) is 19.2 Å². The molecule has 17 heavy (non-hydrogen) atoms. The van der Waals surface area contributed by atoms with Crippen molar-refractivity contribution in [2.75, 3.05) is 19.6 Å². The average Bonchev–Trinajstić information content (AvgIpc) is 2.35. The second-order valence-corrected chi connectivity index (χ2v) is 4.82. The standard InChI is InChI=1S/C14H24N2O/c1-11(2)13(8-15)9-16-10-14(17)12-6-4-3-5-7-12/h3-7,11,13-14,16-17H,8-10,15H2,1-2H3. The smallest absolute Gasteiger partial charge is 0.0914 e. The number of nitrogens with two attached hydrogens (primary N) is 1. The van der Waals surface area contributed by atoms with Crippen LogP contribution in [0.4, 0.5) is 0 Å². The molecule has 3 heteroatoms. The maximum absolute atomic E-state index is 9.95. The highest BCUT2D eigenvalue weighted by molar-refractivity contribution is 5.17. The monoisotopic (exact) mass is 236 g/mol. The van der Waals surface area contributed by atoms with Crippen molar-refractivity contribution in [1.29, 1.82) is 0 Å². The first-order valence-corrected chi connectivity index (χ1v) is 6.29. The topological polar surface area (TPSA) is 58.3 Å². The molecule has 0 radical (unpaired) electrons. The van der Waals surface area contributed by atoms with Gasteiger partial charge in [-0.25, -0.2) is 0 Å². The lowest BCUT2D eigenvalue weighted by atomic mass is 9.96. The number of nitrogens with one attached hydrogen (secondary N) is 1. The minimum atomic E-state index is -0.443. The Hall–Kier alpha value is -0.900. The number of hydrogen-bond donors (Lipinski definition) is 3. The molecule has 2 unspecified atom stereocenters. The van der Waals surface area contributed by atoms with Crippen LogP contribution in [0.1, 0.15) is 25.5 Å². The SMILES string of the molecule is CC(C)C(CN)CNCC(O)c1ccccc1. The highest BCUT2D eigenvalue weighted by atomic mass is 16.3. The van der Waals surface area contributed by atoms with E-state index in [0.717, 1.165) is 12.1 Å². The fourth-order valence-corrected chi connectivity index (χ4v) is 1.79. The van der Waals surface area contributed by atoms with E-state index in [1.165, 1.54) is 0 Å². The molecule has 2 atom stereocenters. The van der Waals surface area contributed by atoms with E-state index in [-0.39, 0.29) is 0 Å². The first-order valence-electron chi connectivity index (χ1n) is 6.29. The molecule has 0 saturated heterocycles. The van der Waals surface area contributed by atoms with E-state index in [9.17, 15) is 5.11 Å². The summed E-state index contributed by atoms with van der Waals surface area (Å²) in [6.07, 6.45) is -0.443. The van der Waals surface area contributed by atoms with Crippen molar-refractivity contribution in [3.63, 3.8) is 0 Å². The Kier molecular flexibility index (Phi) is 6.19. The van der Waals surface area contributed by atoms with Crippen molar-refractivity contribution >= 4 is 0 Å². The highest BCUT2D eigenvalue weighted by Gasteiger charge is 2.12. The molecule has 0 heterocycles.